The fourth-order valence-electron chi connectivity index (χ4n) is 1.20. The standard InChI is InChI=1S/C10H8O2Te/c1-12-10(11)8-3-2-7-4-5-13-9(7)6-8/h2-6H,1H3. The van der Waals surface area contributed by atoms with Gasteiger partial charge in [-0.1, -0.05) is 0 Å². The van der Waals surface area contributed by atoms with Crippen LogP contribution >= 0.6 is 0 Å². The second kappa shape index (κ2) is 3.53. The van der Waals surface area contributed by atoms with Crippen LogP contribution in [0.3, 0.4) is 0 Å². The summed E-state index contributed by atoms with van der Waals surface area (Å²) in [5.41, 5.74) is 0.662. The molecule has 0 N–H and O–H groups in total. The molecular weight excluding hydrogens is 280 g/mol. The number of esters is 1. The summed E-state index contributed by atoms with van der Waals surface area (Å²) in [6.45, 7) is 0. The minimum atomic E-state index is -0.248. The number of methoxy groups -OCH3 is 1. The van der Waals surface area contributed by atoms with Gasteiger partial charge in [-0.3, -0.25) is 0 Å². The van der Waals surface area contributed by atoms with Gasteiger partial charge in [0.15, 0.2) is 0 Å². The van der Waals surface area contributed by atoms with Crippen molar-refractivity contribution in [3.8, 4) is 0 Å². The van der Waals surface area contributed by atoms with E-state index in [0.717, 1.165) is 0 Å². The molecular formula is C10H8O2Te. The van der Waals surface area contributed by atoms with E-state index in [-0.39, 0.29) is 26.4 Å². The van der Waals surface area contributed by atoms with Crippen molar-refractivity contribution >= 4 is 35.2 Å². The molecule has 0 atom stereocenters. The summed E-state index contributed by atoms with van der Waals surface area (Å²) in [7, 11) is 1.41. The monoisotopic (exact) mass is 290 g/mol. The molecule has 0 saturated carbocycles. The second-order valence-electron chi connectivity index (χ2n) is 2.66. The van der Waals surface area contributed by atoms with Crippen LogP contribution in [0.1, 0.15) is 10.4 Å². The maximum absolute atomic E-state index is 11.2. The summed E-state index contributed by atoms with van der Waals surface area (Å²) < 4.78 is 8.20. The summed E-state index contributed by atoms with van der Waals surface area (Å²) >= 11 is -0.183. The summed E-state index contributed by atoms with van der Waals surface area (Å²) in [4.78, 5) is 11.2. The first-order valence-electron chi connectivity index (χ1n) is 3.87. The second-order valence-corrected chi connectivity index (χ2v) is 5.37. The molecule has 3 heteroatoms. The number of hydrogen-bond donors (Lipinski definition) is 0. The van der Waals surface area contributed by atoms with Crippen molar-refractivity contribution in [3.63, 3.8) is 0 Å². The van der Waals surface area contributed by atoms with E-state index < -0.39 is 0 Å². The molecule has 0 saturated heterocycles. The van der Waals surface area contributed by atoms with Crippen molar-refractivity contribution in [2.45, 2.75) is 0 Å². The van der Waals surface area contributed by atoms with Crippen molar-refractivity contribution in [2.75, 3.05) is 7.11 Å². The summed E-state index contributed by atoms with van der Waals surface area (Å²) in [6.07, 6.45) is 0. The van der Waals surface area contributed by atoms with Crippen molar-refractivity contribution in [1.29, 1.82) is 0 Å². The molecule has 2 rings (SSSR count). The van der Waals surface area contributed by atoms with Gasteiger partial charge < -0.3 is 0 Å². The van der Waals surface area contributed by atoms with Crippen molar-refractivity contribution in [2.24, 2.45) is 0 Å². The average molecular weight is 288 g/mol. The van der Waals surface area contributed by atoms with Gasteiger partial charge in [-0.15, -0.1) is 0 Å². The SMILES string of the molecule is COC(=O)c1ccc2cc[te]c2c1. The molecule has 0 spiro atoms. The van der Waals surface area contributed by atoms with Crippen LogP contribution in [0.2, 0.25) is 0 Å². The van der Waals surface area contributed by atoms with Crippen LogP contribution in [0.5, 0.6) is 0 Å². The molecule has 0 unspecified atom stereocenters. The van der Waals surface area contributed by atoms with E-state index >= 15 is 0 Å². The Hall–Kier alpha value is -0.780. The van der Waals surface area contributed by atoms with Crippen LogP contribution in [-0.2, 0) is 4.74 Å². The Morgan fingerprint density at radius 3 is 3.00 bits per heavy atom. The molecule has 66 valence electrons. The normalized spacial score (nSPS) is 10.2. The molecule has 0 radical (unpaired) electrons. The topological polar surface area (TPSA) is 26.3 Å². The van der Waals surface area contributed by atoms with Crippen molar-refractivity contribution < 1.29 is 9.53 Å². The van der Waals surface area contributed by atoms with E-state index in [4.69, 9.17) is 0 Å². The molecule has 0 bridgehead atoms. The molecule has 0 fully saturated rings. The molecule has 0 aliphatic carbocycles. The first kappa shape index (κ1) is 8.80. The van der Waals surface area contributed by atoms with E-state index in [2.05, 4.69) is 14.9 Å². The number of fused-ring (bicyclic) bond motifs is 1. The van der Waals surface area contributed by atoms with Crippen LogP contribution in [0, 0.1) is 0 Å². The van der Waals surface area contributed by atoms with Crippen LogP contribution in [0.4, 0.5) is 0 Å². The molecule has 13 heavy (non-hydrogen) atoms. The zero-order valence-electron chi connectivity index (χ0n) is 7.11. The molecule has 1 aromatic carbocycles. The Kier molecular flexibility index (Phi) is 2.39. The predicted octanol–water partition coefficient (Wildman–Crippen LogP) is 1.68. The zero-order chi connectivity index (χ0) is 9.26. The first-order chi connectivity index (χ1) is 6.31. The number of ether oxygens (including phenoxy) is 1. The Morgan fingerprint density at radius 1 is 1.38 bits per heavy atom. The number of rotatable bonds is 1. The van der Waals surface area contributed by atoms with E-state index in [1.807, 2.05) is 18.2 Å². The van der Waals surface area contributed by atoms with Gasteiger partial charge in [-0.25, -0.2) is 0 Å². The molecule has 1 heterocycles. The van der Waals surface area contributed by atoms with Crippen LogP contribution in [0.15, 0.2) is 28.3 Å². The predicted molar refractivity (Wildman–Crippen MR) is 52.2 cm³/mol. The van der Waals surface area contributed by atoms with Gasteiger partial charge in [-0.2, -0.15) is 0 Å². The molecule has 0 aliphatic rings. The summed E-state index contributed by atoms with van der Waals surface area (Å²) in [6, 6.07) is 7.87. The quantitative estimate of drug-likeness (QED) is 0.589. The van der Waals surface area contributed by atoms with Crippen molar-refractivity contribution in [1.82, 2.24) is 0 Å². The van der Waals surface area contributed by atoms with Gasteiger partial charge in [-0.05, 0) is 0 Å². The molecule has 1 aromatic heterocycles. The number of benzene rings is 1. The Labute approximate surface area is 85.7 Å². The Balaban J connectivity index is 2.54. The summed E-state index contributed by atoms with van der Waals surface area (Å²) in [5, 5.41) is 1.26. The van der Waals surface area contributed by atoms with E-state index in [9.17, 15) is 4.79 Å². The maximum atomic E-state index is 11.2. The van der Waals surface area contributed by atoms with Crippen LogP contribution in [0.25, 0.3) is 8.79 Å². The van der Waals surface area contributed by atoms with Gasteiger partial charge in [0.1, 0.15) is 0 Å². The van der Waals surface area contributed by atoms with Gasteiger partial charge in [0, 0.05) is 0 Å². The molecule has 0 aliphatic heterocycles. The Bertz CT molecular complexity index is 445. The van der Waals surface area contributed by atoms with Gasteiger partial charge in [0.25, 0.3) is 0 Å². The minimum absolute atomic E-state index is 0.183. The molecule has 2 nitrogen and oxygen atoms in total. The molecule has 2 aromatic rings. The third-order valence-corrected chi connectivity index (χ3v) is 4.39. The van der Waals surface area contributed by atoms with E-state index in [0.29, 0.717) is 5.56 Å². The fraction of sp³-hybridized carbons (Fsp3) is 0.100. The zero-order valence-corrected chi connectivity index (χ0v) is 9.44. The number of carbonyl (C=O) groups is 1. The molecule has 0 amide bonds. The number of hydrogen-bond acceptors (Lipinski definition) is 2. The van der Waals surface area contributed by atoms with Gasteiger partial charge in [0.05, 0.1) is 0 Å². The van der Waals surface area contributed by atoms with E-state index in [1.54, 1.807) is 0 Å². The average Bonchev–Trinajstić information content (AvgIpc) is 2.63. The van der Waals surface area contributed by atoms with Gasteiger partial charge in [0.2, 0.25) is 0 Å². The summed E-state index contributed by atoms with van der Waals surface area (Å²) in [5.74, 6) is -0.248. The van der Waals surface area contributed by atoms with Crippen LogP contribution < -0.4 is 0 Å². The van der Waals surface area contributed by atoms with Crippen molar-refractivity contribution in [3.05, 3.63) is 33.9 Å². The van der Waals surface area contributed by atoms with Crippen LogP contribution in [-0.4, -0.2) is 33.5 Å². The van der Waals surface area contributed by atoms with E-state index in [1.165, 1.54) is 15.9 Å². The first-order valence-corrected chi connectivity index (χ1v) is 6.38. The third-order valence-electron chi connectivity index (χ3n) is 1.88. The Morgan fingerprint density at radius 2 is 2.23 bits per heavy atom. The van der Waals surface area contributed by atoms with Gasteiger partial charge >= 0.3 is 85.7 Å². The fourth-order valence-corrected chi connectivity index (χ4v) is 3.56. The third kappa shape index (κ3) is 1.63. The number of carbonyl (C=O) groups excluding carboxylic acids is 1.